The van der Waals surface area contributed by atoms with E-state index in [0.717, 1.165) is 36.4 Å². The van der Waals surface area contributed by atoms with Crippen LogP contribution in [0, 0.1) is 11.6 Å². The van der Waals surface area contributed by atoms with Crippen LogP contribution in [-0.2, 0) is 33.7 Å². The van der Waals surface area contributed by atoms with Crippen molar-refractivity contribution in [1.82, 2.24) is 9.97 Å². The summed E-state index contributed by atoms with van der Waals surface area (Å²) in [6, 6.07) is 19.7. The van der Waals surface area contributed by atoms with E-state index < -0.39 is 56.5 Å². The van der Waals surface area contributed by atoms with Gasteiger partial charge in [0.05, 0.1) is 22.6 Å². The molecule has 6 rings (SSSR count). The van der Waals surface area contributed by atoms with Gasteiger partial charge in [-0.1, -0.05) is 48.5 Å². The van der Waals surface area contributed by atoms with Gasteiger partial charge in [0, 0.05) is 47.0 Å². The van der Waals surface area contributed by atoms with Crippen molar-refractivity contribution >= 4 is 9.84 Å². The number of nitrogens with zero attached hydrogens (tertiary/aromatic N) is 2. The Kier molecular flexibility index (Phi) is 9.51. The zero-order chi connectivity index (χ0) is 36.6. The summed E-state index contributed by atoms with van der Waals surface area (Å²) in [5.41, 5.74) is 0.125. The van der Waals surface area contributed by atoms with Crippen LogP contribution in [-0.4, -0.2) is 18.4 Å². The van der Waals surface area contributed by atoms with Crippen LogP contribution >= 0.6 is 0 Å². The fourth-order valence-corrected chi connectivity index (χ4v) is 7.19. The van der Waals surface area contributed by atoms with Gasteiger partial charge in [-0.25, -0.2) is 17.2 Å². The number of aromatic nitrogens is 2. The standard InChI is InChI=1S/C38H24F8N2O2S/c39-35-17-25(33-19-47-13-11-31(33)23-3-1-5-29(15-23)37(41,42)43)7-9-27(35)21-51(49,50)22-28-10-8-26(18-36(28)40)34-20-48-14-12-32(34)24-4-2-6-30(16-24)38(44,45)46/h1-20H,21-22H2. The minimum atomic E-state index is -4.58. The summed E-state index contributed by atoms with van der Waals surface area (Å²) in [6.07, 6.45) is -3.66. The predicted molar refractivity (Wildman–Crippen MR) is 176 cm³/mol. The summed E-state index contributed by atoms with van der Waals surface area (Å²) < 4.78 is 137. The highest BCUT2D eigenvalue weighted by Crippen LogP contribution is 2.38. The normalized spacial score (nSPS) is 12.2. The van der Waals surface area contributed by atoms with Gasteiger partial charge in [0.1, 0.15) is 11.6 Å². The van der Waals surface area contributed by atoms with Crippen LogP contribution in [0.3, 0.4) is 0 Å². The maximum Gasteiger partial charge on any atom is 0.416 e. The molecule has 0 aliphatic carbocycles. The van der Waals surface area contributed by atoms with E-state index in [1.54, 1.807) is 0 Å². The molecule has 0 amide bonds. The van der Waals surface area contributed by atoms with Gasteiger partial charge in [-0.05, 0) is 81.9 Å². The molecule has 13 heteroatoms. The molecular formula is C38H24F8N2O2S. The van der Waals surface area contributed by atoms with Gasteiger partial charge in [-0.15, -0.1) is 0 Å². The largest absolute Gasteiger partial charge is 0.416 e. The molecule has 6 aromatic rings. The number of benzene rings is 4. The molecule has 2 aromatic heterocycles. The van der Waals surface area contributed by atoms with Gasteiger partial charge in [0.2, 0.25) is 0 Å². The van der Waals surface area contributed by atoms with E-state index in [-0.39, 0.29) is 33.4 Å². The monoisotopic (exact) mass is 724 g/mol. The van der Waals surface area contributed by atoms with Crippen molar-refractivity contribution in [2.45, 2.75) is 23.9 Å². The summed E-state index contributed by atoms with van der Waals surface area (Å²) >= 11 is 0. The summed E-state index contributed by atoms with van der Waals surface area (Å²) in [7, 11) is -4.15. The predicted octanol–water partition coefficient (Wildman–Crippen LogP) is 10.6. The Bertz CT molecular complexity index is 2200. The topological polar surface area (TPSA) is 59.9 Å². The van der Waals surface area contributed by atoms with Crippen LogP contribution in [0.5, 0.6) is 0 Å². The van der Waals surface area contributed by atoms with Crippen LogP contribution < -0.4 is 0 Å². The Balaban J connectivity index is 1.22. The maximum absolute atomic E-state index is 15.4. The highest BCUT2D eigenvalue weighted by atomic mass is 32.2. The highest BCUT2D eigenvalue weighted by Gasteiger charge is 2.31. The highest BCUT2D eigenvalue weighted by molar-refractivity contribution is 7.89. The fraction of sp³-hybridized carbons (Fsp3) is 0.105. The molecule has 4 nitrogen and oxygen atoms in total. The van der Waals surface area contributed by atoms with Crippen molar-refractivity contribution in [3.05, 3.63) is 156 Å². The third kappa shape index (κ3) is 7.99. The zero-order valence-corrected chi connectivity index (χ0v) is 26.9. The molecule has 0 radical (unpaired) electrons. The lowest BCUT2D eigenvalue weighted by molar-refractivity contribution is -0.138. The maximum atomic E-state index is 15.4. The fourth-order valence-electron chi connectivity index (χ4n) is 5.67. The third-order valence-corrected chi connectivity index (χ3v) is 9.62. The molecule has 0 saturated carbocycles. The van der Waals surface area contributed by atoms with Gasteiger partial charge < -0.3 is 0 Å². The lowest BCUT2D eigenvalue weighted by Crippen LogP contribution is -2.10. The van der Waals surface area contributed by atoms with Crippen molar-refractivity contribution in [3.63, 3.8) is 0 Å². The van der Waals surface area contributed by atoms with Gasteiger partial charge in [0.25, 0.3) is 0 Å². The SMILES string of the molecule is O=S(=O)(Cc1ccc(-c2cnccc2-c2cccc(C(F)(F)F)c2)cc1F)Cc1ccc(-c2cnccc2-c2cccc(C(F)(F)F)c2)cc1F. The molecule has 2 heterocycles. The Morgan fingerprint density at radius 3 is 1.25 bits per heavy atom. The first kappa shape index (κ1) is 35.4. The Hall–Kier alpha value is -5.43. The number of hydrogen-bond acceptors (Lipinski definition) is 4. The van der Waals surface area contributed by atoms with Crippen molar-refractivity contribution in [2.75, 3.05) is 0 Å². The summed E-state index contributed by atoms with van der Waals surface area (Å²) in [4.78, 5) is 8.04. The van der Waals surface area contributed by atoms with E-state index in [2.05, 4.69) is 9.97 Å². The van der Waals surface area contributed by atoms with Gasteiger partial charge in [-0.2, -0.15) is 26.3 Å². The molecule has 260 valence electrons. The van der Waals surface area contributed by atoms with Crippen molar-refractivity contribution in [2.24, 2.45) is 0 Å². The van der Waals surface area contributed by atoms with Crippen molar-refractivity contribution in [1.29, 1.82) is 0 Å². The number of hydrogen-bond donors (Lipinski definition) is 0. The van der Waals surface area contributed by atoms with E-state index in [1.807, 2.05) is 0 Å². The second kappa shape index (κ2) is 13.7. The molecule has 0 unspecified atom stereocenters. The molecule has 0 aliphatic heterocycles. The van der Waals surface area contributed by atoms with Crippen LogP contribution in [0.4, 0.5) is 35.1 Å². The molecule has 0 atom stereocenters. The Morgan fingerprint density at radius 2 is 0.882 bits per heavy atom. The van der Waals surface area contributed by atoms with Gasteiger partial charge in [-0.3, -0.25) is 9.97 Å². The number of pyridine rings is 2. The quantitative estimate of drug-likeness (QED) is 0.147. The van der Waals surface area contributed by atoms with Gasteiger partial charge >= 0.3 is 12.4 Å². The van der Waals surface area contributed by atoms with Crippen LogP contribution in [0.1, 0.15) is 22.3 Å². The van der Waals surface area contributed by atoms with Gasteiger partial charge in [0.15, 0.2) is 9.84 Å². The smallest absolute Gasteiger partial charge is 0.264 e. The van der Waals surface area contributed by atoms with E-state index in [0.29, 0.717) is 22.3 Å². The molecule has 0 fully saturated rings. The molecule has 0 bridgehead atoms. The summed E-state index contributed by atoms with van der Waals surface area (Å²) in [6.45, 7) is 0. The van der Waals surface area contributed by atoms with Crippen molar-refractivity contribution in [3.8, 4) is 44.5 Å². The van der Waals surface area contributed by atoms with E-state index in [9.17, 15) is 34.8 Å². The first-order chi connectivity index (χ1) is 24.1. The number of halogens is 8. The van der Waals surface area contributed by atoms with Crippen LogP contribution in [0.15, 0.2) is 122 Å². The first-order valence-electron chi connectivity index (χ1n) is 15.1. The van der Waals surface area contributed by atoms with Crippen LogP contribution in [0.2, 0.25) is 0 Å². The lowest BCUT2D eigenvalue weighted by atomic mass is 9.95. The summed E-state index contributed by atoms with van der Waals surface area (Å²) in [5, 5.41) is 0. The Labute approximate surface area is 287 Å². The first-order valence-corrected chi connectivity index (χ1v) is 16.9. The molecular weight excluding hydrogens is 700 g/mol. The number of rotatable bonds is 8. The average molecular weight is 725 g/mol. The van der Waals surface area contributed by atoms with E-state index in [4.69, 9.17) is 0 Å². The average Bonchev–Trinajstić information content (AvgIpc) is 3.09. The molecule has 0 aliphatic rings. The molecule has 0 N–H and O–H groups in total. The Morgan fingerprint density at radius 1 is 0.490 bits per heavy atom. The molecule has 0 saturated heterocycles. The van der Waals surface area contributed by atoms with Crippen LogP contribution in [0.25, 0.3) is 44.5 Å². The second-order valence-electron chi connectivity index (χ2n) is 11.6. The van der Waals surface area contributed by atoms with E-state index >= 15 is 8.78 Å². The zero-order valence-electron chi connectivity index (χ0n) is 26.1. The summed E-state index contributed by atoms with van der Waals surface area (Å²) in [5.74, 6) is -3.36. The van der Waals surface area contributed by atoms with E-state index in [1.165, 1.54) is 85.5 Å². The number of alkyl halides is 6. The third-order valence-electron chi connectivity index (χ3n) is 8.12. The second-order valence-corrected chi connectivity index (χ2v) is 13.7. The van der Waals surface area contributed by atoms with Crippen molar-refractivity contribution < 1.29 is 43.5 Å². The molecule has 0 spiro atoms. The lowest BCUT2D eigenvalue weighted by Gasteiger charge is -2.14. The minimum Gasteiger partial charge on any atom is -0.264 e. The molecule has 4 aromatic carbocycles. The molecule has 51 heavy (non-hydrogen) atoms. The number of sulfone groups is 1. The minimum absolute atomic E-state index is 0.207.